The van der Waals surface area contributed by atoms with Crippen molar-refractivity contribution in [2.24, 2.45) is 10.9 Å². The van der Waals surface area contributed by atoms with Crippen molar-refractivity contribution in [2.75, 3.05) is 33.3 Å². The molecule has 0 amide bonds. The van der Waals surface area contributed by atoms with Crippen LogP contribution < -0.4 is 5.32 Å². The van der Waals surface area contributed by atoms with Crippen LogP contribution in [0.5, 0.6) is 0 Å². The fourth-order valence-electron chi connectivity index (χ4n) is 2.98. The summed E-state index contributed by atoms with van der Waals surface area (Å²) >= 11 is 0. The van der Waals surface area contributed by atoms with Gasteiger partial charge in [-0.1, -0.05) is 0 Å². The number of esters is 1. The summed E-state index contributed by atoms with van der Waals surface area (Å²) in [5.74, 6) is 0.867. The van der Waals surface area contributed by atoms with Gasteiger partial charge in [-0.05, 0) is 50.3 Å². The van der Waals surface area contributed by atoms with Crippen LogP contribution >= 0.6 is 0 Å². The second kappa shape index (κ2) is 9.25. The maximum atomic E-state index is 11.6. The van der Waals surface area contributed by atoms with Gasteiger partial charge in [-0.25, -0.2) is 0 Å². The van der Waals surface area contributed by atoms with Crippen molar-refractivity contribution in [3.8, 4) is 0 Å². The first kappa shape index (κ1) is 18.2. The minimum Gasteiger partial charge on any atom is -0.469 e. The minimum absolute atomic E-state index is 0.0218. The van der Waals surface area contributed by atoms with Crippen LogP contribution in [0.15, 0.2) is 23.5 Å². The van der Waals surface area contributed by atoms with Crippen molar-refractivity contribution in [3.63, 3.8) is 0 Å². The first-order chi connectivity index (χ1) is 11.7. The summed E-state index contributed by atoms with van der Waals surface area (Å²) in [6.07, 6.45) is 6.26. The lowest BCUT2D eigenvalue weighted by atomic mass is 9.97. The van der Waals surface area contributed by atoms with Crippen LogP contribution in [-0.2, 0) is 16.0 Å². The minimum atomic E-state index is -0.0928. The average molecular weight is 332 g/mol. The monoisotopic (exact) mass is 332 g/mol. The molecule has 1 aromatic rings. The molecule has 0 saturated carbocycles. The van der Waals surface area contributed by atoms with Crippen molar-refractivity contribution >= 4 is 11.9 Å². The molecule has 1 N–H and O–H groups in total. The van der Waals surface area contributed by atoms with Crippen molar-refractivity contribution in [1.29, 1.82) is 0 Å². The third-order valence-electron chi connectivity index (χ3n) is 4.44. The van der Waals surface area contributed by atoms with Gasteiger partial charge in [0.05, 0.1) is 13.0 Å². The Balaban J connectivity index is 1.92. The topological polar surface area (TPSA) is 66.8 Å². The number of pyridine rings is 1. The van der Waals surface area contributed by atoms with E-state index >= 15 is 0 Å². The summed E-state index contributed by atoms with van der Waals surface area (Å²) in [6.45, 7) is 7.40. The van der Waals surface area contributed by atoms with Crippen LogP contribution in [0.4, 0.5) is 0 Å². The lowest BCUT2D eigenvalue weighted by Crippen LogP contribution is -2.46. The fraction of sp³-hybridized carbons (Fsp3) is 0.611. The van der Waals surface area contributed by atoms with Gasteiger partial charge < -0.3 is 15.0 Å². The number of aromatic nitrogens is 1. The van der Waals surface area contributed by atoms with E-state index < -0.39 is 0 Å². The number of likely N-dealkylation sites (tertiary alicyclic amines) is 1. The normalized spacial score (nSPS) is 16.1. The zero-order valence-electron chi connectivity index (χ0n) is 14.9. The van der Waals surface area contributed by atoms with Gasteiger partial charge in [0.25, 0.3) is 0 Å². The summed E-state index contributed by atoms with van der Waals surface area (Å²) in [6, 6.07) is 2.06. The summed E-state index contributed by atoms with van der Waals surface area (Å²) in [5, 5.41) is 3.36. The first-order valence-electron chi connectivity index (χ1n) is 8.66. The molecule has 2 rings (SSSR count). The number of nitrogens with zero attached hydrogens (tertiary/aromatic N) is 3. The van der Waals surface area contributed by atoms with E-state index in [9.17, 15) is 4.79 Å². The molecule has 0 unspecified atom stereocenters. The maximum Gasteiger partial charge on any atom is 0.308 e. The molecule has 1 aromatic heterocycles. The third kappa shape index (κ3) is 4.94. The predicted octanol–water partition coefficient (Wildman–Crippen LogP) is 1.78. The van der Waals surface area contributed by atoms with E-state index in [0.717, 1.165) is 51.4 Å². The van der Waals surface area contributed by atoms with Crippen molar-refractivity contribution in [2.45, 2.75) is 33.1 Å². The molecule has 132 valence electrons. The zero-order valence-corrected chi connectivity index (χ0v) is 14.9. The van der Waals surface area contributed by atoms with E-state index in [2.05, 4.69) is 35.1 Å². The van der Waals surface area contributed by atoms with E-state index in [-0.39, 0.29) is 11.9 Å². The molecule has 0 bridgehead atoms. The van der Waals surface area contributed by atoms with Gasteiger partial charge in [0.1, 0.15) is 0 Å². The lowest BCUT2D eigenvalue weighted by molar-refractivity contribution is -0.146. The Hall–Kier alpha value is -2.11. The molecule has 24 heavy (non-hydrogen) atoms. The number of rotatable bonds is 5. The highest BCUT2D eigenvalue weighted by atomic mass is 16.5. The molecule has 6 nitrogen and oxygen atoms in total. The molecular weight excluding hydrogens is 304 g/mol. The van der Waals surface area contributed by atoms with E-state index in [1.165, 1.54) is 18.2 Å². The maximum absolute atomic E-state index is 11.6. The van der Waals surface area contributed by atoms with E-state index in [4.69, 9.17) is 9.73 Å². The number of nitrogens with one attached hydrogen (secondary N) is 1. The van der Waals surface area contributed by atoms with Crippen molar-refractivity contribution in [1.82, 2.24) is 15.2 Å². The number of piperidine rings is 1. The van der Waals surface area contributed by atoms with Gasteiger partial charge in [-0.15, -0.1) is 0 Å². The Kier molecular flexibility index (Phi) is 7.03. The molecule has 0 atom stereocenters. The Morgan fingerprint density at radius 2 is 2.21 bits per heavy atom. The Bertz CT molecular complexity index is 566. The van der Waals surface area contributed by atoms with E-state index in [1.54, 1.807) is 0 Å². The number of guanidine groups is 1. The van der Waals surface area contributed by atoms with Crippen molar-refractivity contribution < 1.29 is 9.53 Å². The van der Waals surface area contributed by atoms with E-state index in [0.29, 0.717) is 0 Å². The molecule has 1 aliphatic heterocycles. The highest BCUT2D eigenvalue weighted by Crippen LogP contribution is 2.18. The highest BCUT2D eigenvalue weighted by molar-refractivity contribution is 5.80. The van der Waals surface area contributed by atoms with Crippen LogP contribution in [0, 0.1) is 12.8 Å². The number of ether oxygens (including phenoxy) is 1. The van der Waals surface area contributed by atoms with E-state index in [1.807, 2.05) is 12.4 Å². The molecular formula is C18H28N4O2. The molecule has 6 heteroatoms. The van der Waals surface area contributed by atoms with Crippen LogP contribution in [0.25, 0.3) is 0 Å². The highest BCUT2D eigenvalue weighted by Gasteiger charge is 2.26. The van der Waals surface area contributed by atoms with Crippen LogP contribution in [0.3, 0.4) is 0 Å². The molecule has 2 heterocycles. The predicted molar refractivity (Wildman–Crippen MR) is 95.0 cm³/mol. The number of carbonyl (C=O) groups excluding carboxylic acids is 1. The second-order valence-corrected chi connectivity index (χ2v) is 6.07. The van der Waals surface area contributed by atoms with Gasteiger partial charge in [-0.2, -0.15) is 0 Å². The number of hydrogen-bond donors (Lipinski definition) is 1. The Morgan fingerprint density at radius 1 is 1.46 bits per heavy atom. The molecule has 1 saturated heterocycles. The Labute approximate surface area is 144 Å². The van der Waals surface area contributed by atoms with Gasteiger partial charge in [0, 0.05) is 38.6 Å². The van der Waals surface area contributed by atoms with Crippen LogP contribution in [0.2, 0.25) is 0 Å². The number of aryl methyl sites for hydroxylation is 1. The summed E-state index contributed by atoms with van der Waals surface area (Å²) in [7, 11) is 1.46. The number of aliphatic imine (C=N–C) groups is 1. The summed E-state index contributed by atoms with van der Waals surface area (Å²) in [4.78, 5) is 22.8. The molecule has 0 aromatic carbocycles. The first-order valence-corrected chi connectivity index (χ1v) is 8.66. The van der Waals surface area contributed by atoms with Gasteiger partial charge in [-0.3, -0.25) is 14.8 Å². The molecule has 0 radical (unpaired) electrons. The number of hydrogen-bond acceptors (Lipinski definition) is 4. The lowest BCUT2D eigenvalue weighted by Gasteiger charge is -2.33. The quantitative estimate of drug-likeness (QED) is 0.506. The van der Waals surface area contributed by atoms with Gasteiger partial charge in [0.15, 0.2) is 5.96 Å². The third-order valence-corrected chi connectivity index (χ3v) is 4.44. The largest absolute Gasteiger partial charge is 0.469 e. The summed E-state index contributed by atoms with van der Waals surface area (Å²) < 4.78 is 4.85. The molecule has 0 spiro atoms. The SMILES string of the molecule is CCNC(=NCCc1ccncc1C)N1CCC(C(=O)OC)CC1. The van der Waals surface area contributed by atoms with Crippen LogP contribution in [-0.4, -0.2) is 55.1 Å². The summed E-state index contributed by atoms with van der Waals surface area (Å²) in [5.41, 5.74) is 2.49. The number of carbonyl (C=O) groups is 1. The van der Waals surface area contributed by atoms with Crippen molar-refractivity contribution in [3.05, 3.63) is 29.6 Å². The van der Waals surface area contributed by atoms with Gasteiger partial charge in [0.2, 0.25) is 0 Å². The fourth-order valence-corrected chi connectivity index (χ4v) is 2.98. The second-order valence-electron chi connectivity index (χ2n) is 6.07. The molecule has 1 aliphatic rings. The average Bonchev–Trinajstić information content (AvgIpc) is 2.62. The Morgan fingerprint density at radius 3 is 2.83 bits per heavy atom. The molecule has 1 fully saturated rings. The van der Waals surface area contributed by atoms with Gasteiger partial charge >= 0.3 is 5.97 Å². The standard InChI is InChI=1S/C18H28N4O2/c1-4-20-18(21-10-6-15-5-9-19-13-14(15)2)22-11-7-16(8-12-22)17(23)24-3/h5,9,13,16H,4,6-8,10-12H2,1-3H3,(H,20,21). The zero-order chi connectivity index (χ0) is 17.4. The van der Waals surface area contributed by atoms with Crippen LogP contribution in [0.1, 0.15) is 30.9 Å². The smallest absolute Gasteiger partial charge is 0.308 e. The molecule has 0 aliphatic carbocycles. The number of methoxy groups -OCH3 is 1.